The van der Waals surface area contributed by atoms with E-state index in [-0.39, 0.29) is 5.78 Å². The summed E-state index contributed by atoms with van der Waals surface area (Å²) in [6.45, 7) is 0. The van der Waals surface area contributed by atoms with E-state index < -0.39 is 0 Å². The van der Waals surface area contributed by atoms with Gasteiger partial charge in [0.2, 0.25) is 5.78 Å². The van der Waals surface area contributed by atoms with Crippen LogP contribution in [-0.2, 0) is 0 Å². The van der Waals surface area contributed by atoms with Crippen molar-refractivity contribution in [3.63, 3.8) is 0 Å². The molecule has 0 aliphatic carbocycles. The topological polar surface area (TPSA) is 48.4 Å². The molecule has 0 radical (unpaired) electrons. The quantitative estimate of drug-likeness (QED) is 0.643. The second kappa shape index (κ2) is 6.38. The van der Waals surface area contributed by atoms with Crippen LogP contribution in [0, 0.1) is 0 Å². The summed E-state index contributed by atoms with van der Waals surface area (Å²) in [5, 5.41) is 1.60. The number of benzene rings is 2. The Balaban J connectivity index is 2.22. The minimum Gasteiger partial charge on any atom is -0.493 e. The van der Waals surface area contributed by atoms with Crippen LogP contribution in [-0.4, -0.2) is 25.0 Å². The number of carbonyl (C=O) groups excluding carboxylic acids is 1. The summed E-state index contributed by atoms with van der Waals surface area (Å²) in [6.07, 6.45) is 1.62. The molecule has 0 bridgehead atoms. The summed E-state index contributed by atoms with van der Waals surface area (Å²) in [7, 11) is 3.15. The number of ketones is 1. The van der Waals surface area contributed by atoms with Gasteiger partial charge in [0.15, 0.2) is 11.5 Å². The van der Waals surface area contributed by atoms with Gasteiger partial charge in [0.05, 0.1) is 14.2 Å². The van der Waals surface area contributed by atoms with Gasteiger partial charge in [-0.05, 0) is 35.7 Å². The predicted molar refractivity (Wildman–Crippen MR) is 92.4 cm³/mol. The minimum atomic E-state index is -0.143. The van der Waals surface area contributed by atoms with E-state index in [0.717, 1.165) is 15.2 Å². The molecule has 0 saturated heterocycles. The zero-order chi connectivity index (χ0) is 16.4. The number of hydrogen-bond donors (Lipinski definition) is 0. The van der Waals surface area contributed by atoms with Crippen molar-refractivity contribution in [2.45, 2.75) is 0 Å². The van der Waals surface area contributed by atoms with E-state index in [0.29, 0.717) is 22.8 Å². The number of nitrogens with zero attached hydrogens (tertiary/aromatic N) is 1. The molecule has 0 spiro atoms. The van der Waals surface area contributed by atoms with Crippen LogP contribution in [0.15, 0.2) is 53.1 Å². The third-order valence-corrected chi connectivity index (χ3v) is 4.29. The van der Waals surface area contributed by atoms with Gasteiger partial charge in [-0.2, -0.15) is 0 Å². The summed E-state index contributed by atoms with van der Waals surface area (Å²) in [5.41, 5.74) is 0.956. The van der Waals surface area contributed by atoms with Gasteiger partial charge in [-0.1, -0.05) is 28.1 Å². The van der Waals surface area contributed by atoms with E-state index in [1.54, 1.807) is 32.5 Å². The lowest BCUT2D eigenvalue weighted by atomic mass is 10.0. The molecule has 0 fully saturated rings. The van der Waals surface area contributed by atoms with E-state index >= 15 is 0 Å². The maximum atomic E-state index is 12.9. The van der Waals surface area contributed by atoms with Gasteiger partial charge >= 0.3 is 0 Å². The summed E-state index contributed by atoms with van der Waals surface area (Å²) >= 11 is 3.42. The molecular weight excluding hydrogens is 358 g/mol. The van der Waals surface area contributed by atoms with E-state index in [1.807, 2.05) is 30.3 Å². The first-order valence-electron chi connectivity index (χ1n) is 6.95. The third kappa shape index (κ3) is 2.80. The molecule has 0 aliphatic rings. The Labute approximate surface area is 142 Å². The van der Waals surface area contributed by atoms with Crippen molar-refractivity contribution in [2.75, 3.05) is 14.2 Å². The van der Waals surface area contributed by atoms with Crippen molar-refractivity contribution < 1.29 is 14.3 Å². The second-order valence-corrected chi connectivity index (χ2v) is 5.75. The molecule has 0 saturated carbocycles. The first-order chi connectivity index (χ1) is 11.2. The van der Waals surface area contributed by atoms with Gasteiger partial charge in [0, 0.05) is 21.6 Å². The first-order valence-corrected chi connectivity index (χ1v) is 7.75. The number of pyridine rings is 1. The number of rotatable bonds is 4. The molecule has 0 amide bonds. The van der Waals surface area contributed by atoms with E-state index in [2.05, 4.69) is 20.9 Å². The highest BCUT2D eigenvalue weighted by Crippen LogP contribution is 2.34. The van der Waals surface area contributed by atoms with Crippen molar-refractivity contribution in [1.82, 2.24) is 4.98 Å². The maximum absolute atomic E-state index is 12.9. The van der Waals surface area contributed by atoms with Crippen LogP contribution in [0.1, 0.15) is 16.1 Å². The smallest absolute Gasteiger partial charge is 0.213 e. The summed E-state index contributed by atoms with van der Waals surface area (Å²) in [4.78, 5) is 17.2. The number of methoxy groups -OCH3 is 2. The van der Waals surface area contributed by atoms with Crippen LogP contribution >= 0.6 is 15.9 Å². The Kier molecular flexibility index (Phi) is 4.30. The number of aromatic nitrogens is 1. The monoisotopic (exact) mass is 371 g/mol. The highest BCUT2D eigenvalue weighted by molar-refractivity contribution is 9.10. The van der Waals surface area contributed by atoms with Crippen LogP contribution in [0.5, 0.6) is 11.5 Å². The molecule has 0 aliphatic heterocycles. The van der Waals surface area contributed by atoms with Crippen LogP contribution < -0.4 is 9.47 Å². The van der Waals surface area contributed by atoms with Gasteiger partial charge in [-0.3, -0.25) is 9.78 Å². The van der Waals surface area contributed by atoms with Crippen molar-refractivity contribution >= 4 is 32.5 Å². The van der Waals surface area contributed by atoms with E-state index in [1.165, 1.54) is 0 Å². The van der Waals surface area contributed by atoms with Crippen molar-refractivity contribution in [3.8, 4) is 11.5 Å². The van der Waals surface area contributed by atoms with Crippen LogP contribution in [0.4, 0.5) is 0 Å². The minimum absolute atomic E-state index is 0.143. The zero-order valence-corrected chi connectivity index (χ0v) is 14.3. The standard InChI is InChI=1S/C18H14BrNO3/c1-22-15-9-11-7-8-20-17(13(11)10-16(15)23-2)18(21)12-5-3-4-6-14(12)19/h3-10H,1-2H3. The molecule has 23 heavy (non-hydrogen) atoms. The fourth-order valence-corrected chi connectivity index (χ4v) is 2.92. The van der Waals surface area contributed by atoms with Gasteiger partial charge in [-0.15, -0.1) is 0 Å². The molecule has 116 valence electrons. The summed E-state index contributed by atoms with van der Waals surface area (Å²) in [5.74, 6) is 1.04. The van der Waals surface area contributed by atoms with Crippen molar-refractivity contribution in [1.29, 1.82) is 0 Å². The zero-order valence-electron chi connectivity index (χ0n) is 12.7. The Morgan fingerprint density at radius 1 is 1.04 bits per heavy atom. The maximum Gasteiger partial charge on any atom is 0.213 e. The normalized spacial score (nSPS) is 10.6. The third-order valence-electron chi connectivity index (χ3n) is 3.60. The van der Waals surface area contributed by atoms with Gasteiger partial charge < -0.3 is 9.47 Å². The Hall–Kier alpha value is -2.40. The molecule has 1 heterocycles. The molecule has 2 aromatic carbocycles. The number of fused-ring (bicyclic) bond motifs is 1. The number of carbonyl (C=O) groups is 1. The highest BCUT2D eigenvalue weighted by atomic mass is 79.9. The molecule has 0 unspecified atom stereocenters. The molecule has 1 aromatic heterocycles. The fourth-order valence-electron chi connectivity index (χ4n) is 2.45. The second-order valence-electron chi connectivity index (χ2n) is 4.90. The van der Waals surface area contributed by atoms with Crippen LogP contribution in [0.25, 0.3) is 10.8 Å². The molecule has 5 heteroatoms. The van der Waals surface area contributed by atoms with E-state index in [4.69, 9.17) is 9.47 Å². The largest absolute Gasteiger partial charge is 0.493 e. The van der Waals surface area contributed by atoms with Gasteiger partial charge in [0.25, 0.3) is 0 Å². The molecule has 3 aromatic rings. The van der Waals surface area contributed by atoms with Crippen molar-refractivity contribution in [3.05, 3.63) is 64.4 Å². The van der Waals surface area contributed by atoms with Crippen LogP contribution in [0.2, 0.25) is 0 Å². The highest BCUT2D eigenvalue weighted by Gasteiger charge is 2.18. The fraction of sp³-hybridized carbons (Fsp3) is 0.111. The average molecular weight is 372 g/mol. The first kappa shape index (κ1) is 15.5. The van der Waals surface area contributed by atoms with Gasteiger partial charge in [0.1, 0.15) is 5.69 Å². The Bertz CT molecular complexity index is 893. The molecular formula is C18H14BrNO3. The number of halogens is 1. The molecule has 4 nitrogen and oxygen atoms in total. The van der Waals surface area contributed by atoms with E-state index in [9.17, 15) is 4.79 Å². The lowest BCUT2D eigenvalue weighted by molar-refractivity contribution is 0.103. The summed E-state index contributed by atoms with van der Waals surface area (Å²) < 4.78 is 11.4. The molecule has 0 N–H and O–H groups in total. The lowest BCUT2D eigenvalue weighted by Crippen LogP contribution is -2.06. The predicted octanol–water partition coefficient (Wildman–Crippen LogP) is 4.25. The molecule has 0 atom stereocenters. The number of ether oxygens (including phenoxy) is 2. The van der Waals surface area contributed by atoms with Crippen LogP contribution in [0.3, 0.4) is 0 Å². The number of hydrogen-bond acceptors (Lipinski definition) is 4. The summed E-state index contributed by atoms with van der Waals surface area (Å²) in [6, 6.07) is 12.8. The van der Waals surface area contributed by atoms with Gasteiger partial charge in [-0.25, -0.2) is 0 Å². The Morgan fingerprint density at radius 2 is 1.74 bits per heavy atom. The average Bonchev–Trinajstić information content (AvgIpc) is 2.59. The SMILES string of the molecule is COc1cc2ccnc(C(=O)c3ccccc3Br)c2cc1OC. The molecule has 3 rings (SSSR count). The lowest BCUT2D eigenvalue weighted by Gasteiger charge is -2.11. The van der Waals surface area contributed by atoms with Crippen molar-refractivity contribution in [2.24, 2.45) is 0 Å². The Morgan fingerprint density at radius 3 is 2.43 bits per heavy atom.